The van der Waals surface area contributed by atoms with Crippen molar-refractivity contribution in [3.8, 4) is 0 Å². The number of anilines is 1. The number of ether oxygens (including phenoxy) is 2. The van der Waals surface area contributed by atoms with E-state index in [1.165, 1.54) is 24.0 Å². The highest BCUT2D eigenvalue weighted by Gasteiger charge is 2.35. The molecule has 1 aliphatic carbocycles. The van der Waals surface area contributed by atoms with E-state index in [1.807, 2.05) is 35.2 Å². The van der Waals surface area contributed by atoms with E-state index in [-0.39, 0.29) is 19.0 Å². The van der Waals surface area contributed by atoms with Crippen molar-refractivity contribution in [1.29, 1.82) is 0 Å². The number of hydrazone groups is 1. The fraction of sp³-hybridized carbons (Fsp3) is 0.118. The van der Waals surface area contributed by atoms with E-state index in [0.717, 1.165) is 5.69 Å². The molecular formula is C34H29N5O5S. The highest BCUT2D eigenvalue weighted by molar-refractivity contribution is 8.29. The summed E-state index contributed by atoms with van der Waals surface area (Å²) in [7, 11) is 0. The van der Waals surface area contributed by atoms with Crippen LogP contribution < -0.4 is 10.3 Å². The van der Waals surface area contributed by atoms with Gasteiger partial charge in [0, 0.05) is 17.5 Å². The quantitative estimate of drug-likeness (QED) is 0.164. The molecule has 10 nitrogen and oxygen atoms in total. The number of rotatable bonds is 9. The number of aliphatic imine (C=N–C) groups is 2. The van der Waals surface area contributed by atoms with Crippen LogP contribution in [0.1, 0.15) is 34.6 Å². The van der Waals surface area contributed by atoms with Crippen molar-refractivity contribution in [3.63, 3.8) is 0 Å². The molecular weight excluding hydrogens is 590 g/mol. The summed E-state index contributed by atoms with van der Waals surface area (Å²) in [4.78, 5) is 48.2. The third-order valence-corrected chi connectivity index (χ3v) is 7.24. The maximum absolute atomic E-state index is 12.2. The molecule has 0 atom stereocenters. The summed E-state index contributed by atoms with van der Waals surface area (Å²) in [5.41, 5.74) is 6.14. The number of ketones is 1. The van der Waals surface area contributed by atoms with Gasteiger partial charge in [-0.05, 0) is 98.4 Å². The summed E-state index contributed by atoms with van der Waals surface area (Å²) in [6.45, 7) is 4.07. The van der Waals surface area contributed by atoms with Crippen LogP contribution in [-0.2, 0) is 14.3 Å². The van der Waals surface area contributed by atoms with Gasteiger partial charge in [-0.2, -0.15) is 0 Å². The lowest BCUT2D eigenvalue weighted by Crippen LogP contribution is -2.31. The second-order valence-electron chi connectivity index (χ2n) is 9.37. The fourth-order valence-electron chi connectivity index (χ4n) is 4.19. The highest BCUT2D eigenvalue weighted by atomic mass is 32.2. The van der Waals surface area contributed by atoms with E-state index < -0.39 is 11.9 Å². The maximum atomic E-state index is 12.2. The molecule has 1 fully saturated rings. The Balaban J connectivity index is 1.57. The van der Waals surface area contributed by atoms with Crippen LogP contribution >= 0.6 is 11.8 Å². The number of thioether (sulfide) groups is 1. The molecule has 0 bridgehead atoms. The Morgan fingerprint density at radius 3 is 1.96 bits per heavy atom. The molecule has 1 N–H and O–H groups in total. The number of para-hydroxylation sites is 1. The first-order chi connectivity index (χ1) is 22.0. The van der Waals surface area contributed by atoms with Gasteiger partial charge in [-0.3, -0.25) is 15.1 Å². The Kier molecular flexibility index (Phi) is 10.1. The minimum Gasteiger partial charge on any atom is -0.462 e. The molecule has 1 heterocycles. The molecule has 45 heavy (non-hydrogen) atoms. The summed E-state index contributed by atoms with van der Waals surface area (Å²) in [5, 5.41) is 5.63. The van der Waals surface area contributed by atoms with Crippen molar-refractivity contribution in [3.05, 3.63) is 126 Å². The van der Waals surface area contributed by atoms with Crippen LogP contribution in [0, 0.1) is 0 Å². The Morgan fingerprint density at radius 2 is 1.38 bits per heavy atom. The van der Waals surface area contributed by atoms with E-state index in [9.17, 15) is 14.4 Å². The van der Waals surface area contributed by atoms with Gasteiger partial charge in [-0.1, -0.05) is 30.4 Å². The summed E-state index contributed by atoms with van der Waals surface area (Å²) < 4.78 is 10.2. The van der Waals surface area contributed by atoms with E-state index >= 15 is 0 Å². The van der Waals surface area contributed by atoms with Gasteiger partial charge in [-0.15, -0.1) is 5.10 Å². The number of hydrogen-bond acceptors (Lipinski definition) is 10. The van der Waals surface area contributed by atoms with Gasteiger partial charge < -0.3 is 9.47 Å². The van der Waals surface area contributed by atoms with E-state index in [2.05, 4.69) is 10.5 Å². The fourth-order valence-corrected chi connectivity index (χ4v) is 5.12. The van der Waals surface area contributed by atoms with Crippen molar-refractivity contribution in [2.75, 3.05) is 18.1 Å². The molecule has 0 spiro atoms. The van der Waals surface area contributed by atoms with Crippen LogP contribution in [0.4, 0.5) is 17.1 Å². The number of carbonyl (C=O) groups is 3. The van der Waals surface area contributed by atoms with Crippen LogP contribution in [0.25, 0.3) is 0 Å². The Bertz CT molecular complexity index is 1760. The van der Waals surface area contributed by atoms with Gasteiger partial charge in [0.1, 0.15) is 5.04 Å². The second-order valence-corrected chi connectivity index (χ2v) is 10.3. The standard InChI is InChI=1S/C34H29N5O5S/c1-3-43-32(41)23-14-18-26(19-15-23)36-30-31(37-27-20-16-24(17-21-27)33(42)44-4-2)45-34(39(30)28-11-6-5-7-12-28)38-35-22-25-10-8-9-13-29(25)40/h5-22,35H,3-4H2,1-2H3/b25-22?,36-30?,37-31?,38-34+. The van der Waals surface area contributed by atoms with Crippen LogP contribution in [0.2, 0.25) is 0 Å². The maximum Gasteiger partial charge on any atom is 0.338 e. The largest absolute Gasteiger partial charge is 0.462 e. The first kappa shape index (κ1) is 30.9. The van der Waals surface area contributed by atoms with Crippen molar-refractivity contribution in [2.24, 2.45) is 15.1 Å². The van der Waals surface area contributed by atoms with Gasteiger partial charge in [0.15, 0.2) is 16.8 Å². The first-order valence-corrected chi connectivity index (χ1v) is 15.0. The number of allylic oxidation sites excluding steroid dienone is 5. The molecule has 1 aliphatic heterocycles. The molecule has 0 unspecified atom stereocenters. The molecule has 1 saturated heterocycles. The Labute approximate surface area is 264 Å². The molecule has 11 heteroatoms. The lowest BCUT2D eigenvalue weighted by molar-refractivity contribution is -0.111. The zero-order valence-electron chi connectivity index (χ0n) is 24.5. The van der Waals surface area contributed by atoms with Crippen molar-refractivity contribution in [1.82, 2.24) is 5.43 Å². The zero-order chi connectivity index (χ0) is 31.6. The molecule has 5 rings (SSSR count). The summed E-state index contributed by atoms with van der Waals surface area (Å²) >= 11 is 1.28. The SMILES string of the molecule is CCOC(=O)c1ccc(N=C2S/C(=N/NC=C3C=CC=CC3=O)N(c3ccccc3)C2=Nc2ccc(C(=O)OCC)cc2)cc1. The predicted octanol–water partition coefficient (Wildman–Crippen LogP) is 6.49. The zero-order valence-corrected chi connectivity index (χ0v) is 25.4. The van der Waals surface area contributed by atoms with E-state index in [1.54, 1.807) is 80.6 Å². The number of carbonyl (C=O) groups excluding carboxylic acids is 3. The minimum atomic E-state index is -0.413. The van der Waals surface area contributed by atoms with E-state index in [4.69, 9.17) is 19.5 Å². The lowest BCUT2D eigenvalue weighted by atomic mass is 10.1. The second kappa shape index (κ2) is 14.8. The monoisotopic (exact) mass is 619 g/mol. The van der Waals surface area contributed by atoms with E-state index in [0.29, 0.717) is 44.1 Å². The van der Waals surface area contributed by atoms with Gasteiger partial charge in [-0.25, -0.2) is 19.6 Å². The number of hydrogen-bond donors (Lipinski definition) is 1. The predicted molar refractivity (Wildman–Crippen MR) is 177 cm³/mol. The Morgan fingerprint density at radius 1 is 0.800 bits per heavy atom. The van der Waals surface area contributed by atoms with Crippen LogP contribution in [0.5, 0.6) is 0 Å². The summed E-state index contributed by atoms with van der Waals surface area (Å²) in [5.74, 6) is -0.475. The molecule has 3 aromatic rings. The van der Waals surface area contributed by atoms with Gasteiger partial charge in [0.25, 0.3) is 0 Å². The third kappa shape index (κ3) is 7.70. The minimum absolute atomic E-state index is 0.133. The average molecular weight is 620 g/mol. The molecule has 0 radical (unpaired) electrons. The third-order valence-electron chi connectivity index (χ3n) is 6.32. The average Bonchev–Trinajstić information content (AvgIpc) is 3.39. The first-order valence-electron chi connectivity index (χ1n) is 14.1. The van der Waals surface area contributed by atoms with Crippen molar-refractivity contribution in [2.45, 2.75) is 13.8 Å². The lowest BCUT2D eigenvalue weighted by Gasteiger charge is -2.18. The van der Waals surface area contributed by atoms with Crippen molar-refractivity contribution < 1.29 is 23.9 Å². The highest BCUT2D eigenvalue weighted by Crippen LogP contribution is 2.33. The molecule has 3 aromatic carbocycles. The molecule has 0 amide bonds. The number of esters is 2. The van der Waals surface area contributed by atoms with Gasteiger partial charge in [0.2, 0.25) is 0 Å². The smallest absolute Gasteiger partial charge is 0.338 e. The van der Waals surface area contributed by atoms with Crippen LogP contribution in [0.15, 0.2) is 130 Å². The van der Waals surface area contributed by atoms with Crippen LogP contribution in [-0.4, -0.2) is 47.0 Å². The normalized spacial score (nSPS) is 17.8. The summed E-state index contributed by atoms with van der Waals surface area (Å²) in [6.07, 6.45) is 8.18. The van der Waals surface area contributed by atoms with Crippen molar-refractivity contribution >= 4 is 62.6 Å². The molecule has 0 aromatic heterocycles. The van der Waals surface area contributed by atoms with Gasteiger partial charge in [0.05, 0.1) is 35.7 Å². The Hall–Kier alpha value is -5.55. The van der Waals surface area contributed by atoms with Gasteiger partial charge >= 0.3 is 11.9 Å². The molecule has 2 aliphatic rings. The van der Waals surface area contributed by atoms with Crippen LogP contribution in [0.3, 0.4) is 0 Å². The summed E-state index contributed by atoms with van der Waals surface area (Å²) in [6, 6.07) is 23.1. The topological polar surface area (TPSA) is 122 Å². The number of benzene rings is 3. The number of nitrogens with one attached hydrogen (secondary N) is 1. The molecule has 226 valence electrons. The number of amidine groups is 2. The molecule has 0 saturated carbocycles. The number of nitrogens with zero attached hydrogens (tertiary/aromatic N) is 4.